The van der Waals surface area contributed by atoms with Crippen molar-refractivity contribution in [3.63, 3.8) is 0 Å². The molecule has 0 aliphatic heterocycles. The van der Waals surface area contributed by atoms with Crippen LogP contribution in [0.4, 0.5) is 0 Å². The molecule has 2 atom stereocenters. The summed E-state index contributed by atoms with van der Waals surface area (Å²) in [6.45, 7) is 10.7. The molecule has 0 spiro atoms. The molecule has 0 amide bonds. The lowest BCUT2D eigenvalue weighted by molar-refractivity contribution is 0.0378. The zero-order valence-corrected chi connectivity index (χ0v) is 12.4. The van der Waals surface area contributed by atoms with E-state index < -0.39 is 0 Å². The maximum absolute atomic E-state index is 5.55. The Hall–Kier alpha value is -0.120. The molecule has 1 saturated carbocycles. The second-order valence-electron chi connectivity index (χ2n) is 6.00. The maximum Gasteiger partial charge on any atom is 0.0701 e. The first kappa shape index (κ1) is 15.9. The molecule has 108 valence electrons. The Labute approximate surface area is 113 Å². The minimum absolute atomic E-state index is 0.611. The monoisotopic (exact) mass is 257 g/mol. The molecule has 1 aliphatic rings. The lowest BCUT2D eigenvalue weighted by Gasteiger charge is -2.27. The number of ether oxygens (including phenoxy) is 2. The Morgan fingerprint density at radius 3 is 2.61 bits per heavy atom. The molecule has 1 aliphatic carbocycles. The van der Waals surface area contributed by atoms with E-state index in [4.69, 9.17) is 9.47 Å². The lowest BCUT2D eigenvalue weighted by Crippen LogP contribution is -2.35. The van der Waals surface area contributed by atoms with Crippen molar-refractivity contribution in [1.29, 1.82) is 0 Å². The summed E-state index contributed by atoms with van der Waals surface area (Å²) in [4.78, 5) is 0. The van der Waals surface area contributed by atoms with E-state index in [0.29, 0.717) is 5.92 Å². The van der Waals surface area contributed by atoms with Crippen molar-refractivity contribution in [2.45, 2.75) is 52.5 Å². The van der Waals surface area contributed by atoms with E-state index in [9.17, 15) is 0 Å². The van der Waals surface area contributed by atoms with Gasteiger partial charge in [0.2, 0.25) is 0 Å². The van der Waals surface area contributed by atoms with Crippen molar-refractivity contribution in [3.05, 3.63) is 0 Å². The fraction of sp³-hybridized carbons (Fsp3) is 1.00. The number of nitrogens with one attached hydrogen (secondary N) is 1. The fourth-order valence-electron chi connectivity index (χ4n) is 2.49. The topological polar surface area (TPSA) is 30.5 Å². The predicted octanol–water partition coefficient (Wildman–Crippen LogP) is 2.84. The molecule has 0 saturated heterocycles. The molecule has 0 heterocycles. The van der Waals surface area contributed by atoms with Gasteiger partial charge in [0, 0.05) is 19.2 Å². The third-order valence-electron chi connectivity index (χ3n) is 3.44. The molecule has 0 bridgehead atoms. The average Bonchev–Trinajstić information content (AvgIpc) is 2.32. The van der Waals surface area contributed by atoms with Crippen LogP contribution in [0.25, 0.3) is 0 Å². The van der Waals surface area contributed by atoms with Crippen molar-refractivity contribution in [2.24, 2.45) is 11.8 Å². The Balaban J connectivity index is 1.83. The van der Waals surface area contributed by atoms with Gasteiger partial charge in [-0.1, -0.05) is 33.6 Å². The van der Waals surface area contributed by atoms with Gasteiger partial charge in [-0.15, -0.1) is 0 Å². The van der Waals surface area contributed by atoms with Crippen LogP contribution in [0.3, 0.4) is 0 Å². The molecule has 0 aromatic rings. The SMILES string of the molecule is CC(C)COCCOCCNC1CCCC(C)C1. The molecule has 0 aromatic heterocycles. The van der Waals surface area contributed by atoms with Crippen molar-refractivity contribution < 1.29 is 9.47 Å². The van der Waals surface area contributed by atoms with Gasteiger partial charge < -0.3 is 14.8 Å². The number of hydrogen-bond acceptors (Lipinski definition) is 3. The summed E-state index contributed by atoms with van der Waals surface area (Å²) < 4.78 is 11.0. The summed E-state index contributed by atoms with van der Waals surface area (Å²) in [5.74, 6) is 1.50. The van der Waals surface area contributed by atoms with Gasteiger partial charge in [0.15, 0.2) is 0 Å². The Kier molecular flexibility index (Phi) is 8.64. The molecule has 3 nitrogen and oxygen atoms in total. The van der Waals surface area contributed by atoms with Gasteiger partial charge >= 0.3 is 0 Å². The third-order valence-corrected chi connectivity index (χ3v) is 3.44. The highest BCUT2D eigenvalue weighted by molar-refractivity contribution is 4.75. The maximum atomic E-state index is 5.55. The normalized spacial score (nSPS) is 24.7. The highest BCUT2D eigenvalue weighted by Gasteiger charge is 2.17. The predicted molar refractivity (Wildman–Crippen MR) is 75.9 cm³/mol. The Morgan fingerprint density at radius 1 is 1.11 bits per heavy atom. The summed E-state index contributed by atoms with van der Waals surface area (Å²) in [5, 5.41) is 3.60. The Morgan fingerprint density at radius 2 is 1.89 bits per heavy atom. The van der Waals surface area contributed by atoms with Gasteiger partial charge in [0.05, 0.1) is 19.8 Å². The molecule has 1 fully saturated rings. The van der Waals surface area contributed by atoms with Crippen LogP contribution in [0.15, 0.2) is 0 Å². The minimum Gasteiger partial charge on any atom is -0.379 e. The molecule has 18 heavy (non-hydrogen) atoms. The van der Waals surface area contributed by atoms with Crippen LogP contribution in [-0.4, -0.2) is 39.0 Å². The summed E-state index contributed by atoms with van der Waals surface area (Å²) >= 11 is 0. The van der Waals surface area contributed by atoms with Gasteiger partial charge in [-0.2, -0.15) is 0 Å². The highest BCUT2D eigenvalue weighted by Crippen LogP contribution is 2.23. The van der Waals surface area contributed by atoms with Crippen LogP contribution in [0, 0.1) is 11.8 Å². The quantitative estimate of drug-likeness (QED) is 0.644. The van der Waals surface area contributed by atoms with Gasteiger partial charge in [0.1, 0.15) is 0 Å². The van der Waals surface area contributed by atoms with Crippen molar-refractivity contribution in [2.75, 3.05) is 33.0 Å². The van der Waals surface area contributed by atoms with E-state index in [1.807, 2.05) is 0 Å². The van der Waals surface area contributed by atoms with Crippen LogP contribution < -0.4 is 5.32 Å². The Bertz CT molecular complexity index is 197. The first-order valence-electron chi connectivity index (χ1n) is 7.57. The summed E-state index contributed by atoms with van der Waals surface area (Å²) in [5.41, 5.74) is 0. The van der Waals surface area contributed by atoms with Crippen LogP contribution in [-0.2, 0) is 9.47 Å². The van der Waals surface area contributed by atoms with E-state index in [1.54, 1.807) is 0 Å². The highest BCUT2D eigenvalue weighted by atomic mass is 16.5. The third kappa shape index (κ3) is 8.06. The molecule has 2 unspecified atom stereocenters. The second kappa shape index (κ2) is 9.76. The number of rotatable bonds is 9. The largest absolute Gasteiger partial charge is 0.379 e. The zero-order valence-electron chi connectivity index (χ0n) is 12.4. The average molecular weight is 257 g/mol. The van der Waals surface area contributed by atoms with Crippen LogP contribution in [0.1, 0.15) is 46.5 Å². The first-order chi connectivity index (χ1) is 8.68. The van der Waals surface area contributed by atoms with Gasteiger partial charge in [-0.3, -0.25) is 0 Å². The van der Waals surface area contributed by atoms with Crippen LogP contribution in [0.2, 0.25) is 0 Å². The molecular formula is C15H31NO2. The van der Waals surface area contributed by atoms with E-state index >= 15 is 0 Å². The minimum atomic E-state index is 0.611. The van der Waals surface area contributed by atoms with Crippen molar-refractivity contribution in [1.82, 2.24) is 5.32 Å². The van der Waals surface area contributed by atoms with Gasteiger partial charge in [-0.25, -0.2) is 0 Å². The second-order valence-corrected chi connectivity index (χ2v) is 6.00. The first-order valence-corrected chi connectivity index (χ1v) is 7.57. The summed E-state index contributed by atoms with van der Waals surface area (Å²) in [7, 11) is 0. The standard InChI is InChI=1S/C15H31NO2/c1-13(2)12-18-10-9-17-8-7-16-15-6-4-5-14(3)11-15/h13-16H,4-12H2,1-3H3. The lowest BCUT2D eigenvalue weighted by atomic mass is 9.87. The fourth-order valence-corrected chi connectivity index (χ4v) is 2.49. The smallest absolute Gasteiger partial charge is 0.0701 e. The molecule has 1 rings (SSSR count). The van der Waals surface area contributed by atoms with Gasteiger partial charge in [-0.05, 0) is 24.7 Å². The molecular weight excluding hydrogens is 226 g/mol. The summed E-state index contributed by atoms with van der Waals surface area (Å²) in [6, 6.07) is 0.717. The molecule has 0 radical (unpaired) electrons. The summed E-state index contributed by atoms with van der Waals surface area (Å²) in [6.07, 6.45) is 5.45. The van der Waals surface area contributed by atoms with Crippen molar-refractivity contribution in [3.8, 4) is 0 Å². The number of hydrogen-bond donors (Lipinski definition) is 1. The molecule has 1 N–H and O–H groups in total. The van der Waals surface area contributed by atoms with E-state index in [-0.39, 0.29) is 0 Å². The van der Waals surface area contributed by atoms with Crippen molar-refractivity contribution >= 4 is 0 Å². The van der Waals surface area contributed by atoms with E-state index in [0.717, 1.165) is 44.9 Å². The molecule has 0 aromatic carbocycles. The van der Waals surface area contributed by atoms with E-state index in [2.05, 4.69) is 26.1 Å². The zero-order chi connectivity index (χ0) is 13.2. The molecule has 3 heteroatoms. The van der Waals surface area contributed by atoms with Gasteiger partial charge in [0.25, 0.3) is 0 Å². The van der Waals surface area contributed by atoms with Crippen LogP contribution in [0.5, 0.6) is 0 Å². The van der Waals surface area contributed by atoms with Crippen LogP contribution >= 0.6 is 0 Å². The van der Waals surface area contributed by atoms with E-state index in [1.165, 1.54) is 25.7 Å².